The molecule has 0 bridgehead atoms. The first-order valence-electron chi connectivity index (χ1n) is 13.4. The van der Waals surface area contributed by atoms with Crippen LogP contribution in [0.3, 0.4) is 0 Å². The third kappa shape index (κ3) is 3.50. The molecule has 4 aliphatic rings. The minimum atomic E-state index is -0.601. The normalized spacial score (nSPS) is 40.5. The lowest BCUT2D eigenvalue weighted by atomic mass is 9.43. The summed E-state index contributed by atoms with van der Waals surface area (Å²) in [6.07, 6.45) is 12.0. The minimum absolute atomic E-state index is 0.0447. The van der Waals surface area contributed by atoms with Gasteiger partial charge in [-0.25, -0.2) is 0 Å². The van der Waals surface area contributed by atoms with Gasteiger partial charge in [-0.2, -0.15) is 0 Å². The standard InChI is InChI=1S/C30H46O3/c1-19(2)9-8-10-20(26(32)33)21-13-17-30(7)23-11-12-24-27(3,4)25(31)15-16-28(24,5)22(23)14-18-29(21,30)6/h9,20-21,24H,8,10-18H2,1-7H3,(H,32,33)/t20?,21?,24?,28-,29+,30-/m1/s1. The lowest BCUT2D eigenvalue weighted by molar-refractivity contribution is -0.146. The maximum Gasteiger partial charge on any atom is 0.306 e. The summed E-state index contributed by atoms with van der Waals surface area (Å²) in [7, 11) is 0. The highest BCUT2D eigenvalue weighted by Crippen LogP contribution is 2.72. The number of hydrogen-bond donors (Lipinski definition) is 1. The molecule has 0 heterocycles. The molecule has 0 spiro atoms. The van der Waals surface area contributed by atoms with Gasteiger partial charge >= 0.3 is 5.97 Å². The number of carbonyl (C=O) groups excluding carboxylic acids is 1. The van der Waals surface area contributed by atoms with Gasteiger partial charge in [0.2, 0.25) is 0 Å². The lowest BCUT2D eigenvalue weighted by Crippen LogP contribution is -2.54. The quantitative estimate of drug-likeness (QED) is 0.432. The Hall–Kier alpha value is -1.38. The van der Waals surface area contributed by atoms with Gasteiger partial charge in [-0.3, -0.25) is 9.59 Å². The van der Waals surface area contributed by atoms with Crippen molar-refractivity contribution in [3.63, 3.8) is 0 Å². The van der Waals surface area contributed by atoms with Crippen molar-refractivity contribution in [2.75, 3.05) is 0 Å². The van der Waals surface area contributed by atoms with Crippen molar-refractivity contribution in [2.24, 2.45) is 39.4 Å². The van der Waals surface area contributed by atoms with Gasteiger partial charge < -0.3 is 5.11 Å². The fourth-order valence-electron chi connectivity index (χ4n) is 9.22. The van der Waals surface area contributed by atoms with Gasteiger partial charge in [-0.1, -0.05) is 57.4 Å². The van der Waals surface area contributed by atoms with Crippen LogP contribution in [0.2, 0.25) is 0 Å². The molecule has 0 saturated heterocycles. The van der Waals surface area contributed by atoms with E-state index < -0.39 is 5.97 Å². The van der Waals surface area contributed by atoms with Crippen LogP contribution in [0.4, 0.5) is 0 Å². The minimum Gasteiger partial charge on any atom is -0.481 e. The van der Waals surface area contributed by atoms with E-state index in [0.29, 0.717) is 18.1 Å². The molecule has 0 aliphatic heterocycles. The van der Waals surface area contributed by atoms with Crippen molar-refractivity contribution < 1.29 is 14.7 Å². The average Bonchev–Trinajstić information content (AvgIpc) is 3.00. The fourth-order valence-corrected chi connectivity index (χ4v) is 9.22. The summed E-state index contributed by atoms with van der Waals surface area (Å²) in [5.41, 5.74) is 4.63. The van der Waals surface area contributed by atoms with E-state index in [2.05, 4.69) is 54.5 Å². The molecule has 2 saturated carbocycles. The second kappa shape index (κ2) is 8.09. The van der Waals surface area contributed by atoms with Crippen LogP contribution >= 0.6 is 0 Å². The average molecular weight is 455 g/mol. The number of ketones is 1. The summed E-state index contributed by atoms with van der Waals surface area (Å²) in [5.74, 6) is 0.270. The predicted molar refractivity (Wildman–Crippen MR) is 134 cm³/mol. The molecule has 6 atom stereocenters. The first kappa shape index (κ1) is 24.7. The second-order valence-electron chi connectivity index (χ2n) is 13.3. The predicted octanol–water partition coefficient (Wildman–Crippen LogP) is 7.75. The van der Waals surface area contributed by atoms with E-state index in [0.717, 1.165) is 57.8 Å². The van der Waals surface area contributed by atoms with E-state index in [1.54, 1.807) is 11.1 Å². The molecule has 3 heteroatoms. The van der Waals surface area contributed by atoms with Gasteiger partial charge in [0.25, 0.3) is 0 Å². The Bertz CT molecular complexity index is 904. The Morgan fingerprint density at radius 3 is 2.33 bits per heavy atom. The highest BCUT2D eigenvalue weighted by atomic mass is 16.4. The molecular formula is C30H46O3. The molecule has 33 heavy (non-hydrogen) atoms. The summed E-state index contributed by atoms with van der Waals surface area (Å²) in [6, 6.07) is 0. The number of carboxylic acids is 1. The molecule has 0 aromatic carbocycles. The smallest absolute Gasteiger partial charge is 0.306 e. The number of rotatable bonds is 5. The number of aliphatic carboxylic acids is 1. The second-order valence-corrected chi connectivity index (χ2v) is 13.3. The Balaban J connectivity index is 1.70. The summed E-state index contributed by atoms with van der Waals surface area (Å²) in [6.45, 7) is 15.9. The number of fused-ring (bicyclic) bond motifs is 4. The Morgan fingerprint density at radius 2 is 1.70 bits per heavy atom. The summed E-state index contributed by atoms with van der Waals surface area (Å²) in [5, 5.41) is 10.2. The van der Waals surface area contributed by atoms with Gasteiger partial charge in [0.1, 0.15) is 5.78 Å². The van der Waals surface area contributed by atoms with Gasteiger partial charge in [-0.05, 0) is 99.7 Å². The van der Waals surface area contributed by atoms with Crippen molar-refractivity contribution in [2.45, 2.75) is 113 Å². The molecule has 4 aliphatic carbocycles. The Kier molecular flexibility index (Phi) is 6.07. The van der Waals surface area contributed by atoms with Gasteiger partial charge in [0, 0.05) is 11.8 Å². The number of carbonyl (C=O) groups is 2. The summed E-state index contributed by atoms with van der Waals surface area (Å²) >= 11 is 0. The van der Waals surface area contributed by atoms with Crippen LogP contribution in [0, 0.1) is 39.4 Å². The van der Waals surface area contributed by atoms with Crippen LogP contribution in [0.25, 0.3) is 0 Å². The summed E-state index contributed by atoms with van der Waals surface area (Å²) < 4.78 is 0. The first-order valence-corrected chi connectivity index (χ1v) is 13.4. The van der Waals surface area contributed by atoms with E-state index >= 15 is 0 Å². The molecule has 0 amide bonds. The van der Waals surface area contributed by atoms with Crippen LogP contribution in [0.5, 0.6) is 0 Å². The van der Waals surface area contributed by atoms with Crippen molar-refractivity contribution in [1.29, 1.82) is 0 Å². The monoisotopic (exact) mass is 454 g/mol. The van der Waals surface area contributed by atoms with Gasteiger partial charge in [0.05, 0.1) is 5.92 Å². The SMILES string of the molecule is CC(C)=CCCC(C(=O)O)C1CC[C@]2(C)C3=C(CC[C@@]12C)[C@@]1(C)CCC(=O)C(C)(C)C1CC3. The number of Topliss-reactive ketones (excluding diaryl/α,β-unsaturated/α-hetero) is 1. The van der Waals surface area contributed by atoms with Crippen LogP contribution in [0.15, 0.2) is 22.8 Å². The lowest BCUT2D eigenvalue weighted by Gasteiger charge is -2.60. The van der Waals surface area contributed by atoms with Crippen LogP contribution in [-0.4, -0.2) is 16.9 Å². The van der Waals surface area contributed by atoms with E-state index in [-0.39, 0.29) is 33.5 Å². The molecule has 2 fully saturated rings. The van der Waals surface area contributed by atoms with Crippen molar-refractivity contribution >= 4 is 11.8 Å². The van der Waals surface area contributed by atoms with Crippen LogP contribution in [0.1, 0.15) is 113 Å². The molecule has 184 valence electrons. The molecule has 4 rings (SSSR count). The Labute approximate surface area is 201 Å². The molecule has 1 N–H and O–H groups in total. The maximum atomic E-state index is 12.8. The Morgan fingerprint density at radius 1 is 1.00 bits per heavy atom. The third-order valence-electron chi connectivity index (χ3n) is 11.4. The van der Waals surface area contributed by atoms with Crippen LogP contribution < -0.4 is 0 Å². The molecular weight excluding hydrogens is 408 g/mol. The third-order valence-corrected chi connectivity index (χ3v) is 11.4. The van der Waals surface area contributed by atoms with Crippen LogP contribution in [-0.2, 0) is 9.59 Å². The van der Waals surface area contributed by atoms with Crippen molar-refractivity contribution in [3.8, 4) is 0 Å². The van der Waals surface area contributed by atoms with Crippen molar-refractivity contribution in [3.05, 3.63) is 22.8 Å². The number of hydrogen-bond acceptors (Lipinski definition) is 2. The molecule has 0 radical (unpaired) electrons. The van der Waals surface area contributed by atoms with Crippen molar-refractivity contribution in [1.82, 2.24) is 0 Å². The molecule has 3 nitrogen and oxygen atoms in total. The van der Waals surface area contributed by atoms with E-state index in [9.17, 15) is 14.7 Å². The van der Waals surface area contributed by atoms with Gasteiger partial charge in [0.15, 0.2) is 0 Å². The molecule has 0 aromatic rings. The molecule has 0 aromatic heterocycles. The summed E-state index contributed by atoms with van der Waals surface area (Å²) in [4.78, 5) is 25.2. The first-order chi connectivity index (χ1) is 15.3. The van der Waals surface area contributed by atoms with E-state index in [4.69, 9.17) is 0 Å². The number of allylic oxidation sites excluding steroid dienone is 4. The molecule has 3 unspecified atom stereocenters. The largest absolute Gasteiger partial charge is 0.481 e. The zero-order valence-electron chi connectivity index (χ0n) is 22.1. The fraction of sp³-hybridized carbons (Fsp3) is 0.800. The number of carboxylic acid groups (broad SMARTS) is 1. The highest BCUT2D eigenvalue weighted by molar-refractivity contribution is 5.85. The van der Waals surface area contributed by atoms with Gasteiger partial charge in [-0.15, -0.1) is 0 Å². The zero-order valence-corrected chi connectivity index (χ0v) is 22.1. The highest BCUT2D eigenvalue weighted by Gasteiger charge is 2.64. The zero-order chi connectivity index (χ0) is 24.4. The maximum absolute atomic E-state index is 12.8. The van der Waals surface area contributed by atoms with E-state index in [1.807, 2.05) is 0 Å². The topological polar surface area (TPSA) is 54.4 Å². The van der Waals surface area contributed by atoms with E-state index in [1.165, 1.54) is 5.57 Å².